The lowest BCUT2D eigenvalue weighted by Crippen LogP contribution is -2.21. The van der Waals surface area contributed by atoms with E-state index in [2.05, 4.69) is 10.1 Å². The molecule has 1 N–H and O–H groups in total. The molecule has 0 aliphatic carbocycles. The van der Waals surface area contributed by atoms with Crippen molar-refractivity contribution in [2.45, 2.75) is 12.4 Å². The molecule has 0 atom stereocenters. The zero-order valence-corrected chi connectivity index (χ0v) is 17.0. The maximum atomic E-state index is 12.9. The summed E-state index contributed by atoms with van der Waals surface area (Å²) < 4.78 is 87.8. The Hall–Kier alpha value is -4.02. The molecular weight excluding hydrogens is 468 g/mol. The third-order valence-corrected chi connectivity index (χ3v) is 4.25. The second kappa shape index (κ2) is 9.86. The highest BCUT2D eigenvalue weighted by molar-refractivity contribution is 5.95. The molecule has 0 aromatic heterocycles. The van der Waals surface area contributed by atoms with Gasteiger partial charge in [0.25, 0.3) is 5.91 Å². The molecule has 0 radical (unpaired) electrons. The number of halogens is 6. The summed E-state index contributed by atoms with van der Waals surface area (Å²) in [6.07, 6.45) is -10.2. The summed E-state index contributed by atoms with van der Waals surface area (Å²) in [5.74, 6) is -1.47. The number of rotatable bonds is 6. The minimum atomic E-state index is -5.12. The fourth-order valence-corrected chi connectivity index (χ4v) is 2.75. The van der Waals surface area contributed by atoms with Crippen LogP contribution in [0.2, 0.25) is 0 Å². The van der Waals surface area contributed by atoms with E-state index in [9.17, 15) is 35.9 Å². The van der Waals surface area contributed by atoms with Crippen LogP contribution in [0.5, 0.6) is 11.5 Å². The highest BCUT2D eigenvalue weighted by Crippen LogP contribution is 2.36. The van der Waals surface area contributed by atoms with Gasteiger partial charge in [-0.25, -0.2) is 4.79 Å². The average molecular weight is 483 g/mol. The Morgan fingerprint density at radius 1 is 0.735 bits per heavy atom. The number of hydrogen-bond acceptors (Lipinski definition) is 4. The number of anilines is 1. The first kappa shape index (κ1) is 24.6. The van der Waals surface area contributed by atoms with E-state index in [1.54, 1.807) is 42.5 Å². The molecule has 11 heteroatoms. The van der Waals surface area contributed by atoms with E-state index in [-0.39, 0.29) is 23.9 Å². The standard InChI is InChI=1S/C23H15F6NO4/c24-22(25,26)15-9-14(10-16(11-15)23(27,28)29)21(32)33-13-20(31)30-17-5-4-8-19(12-17)34-18-6-2-1-3-7-18/h1-12H,13H2,(H,30,31). The van der Waals surface area contributed by atoms with Crippen molar-refractivity contribution in [2.75, 3.05) is 11.9 Å². The maximum Gasteiger partial charge on any atom is 0.416 e. The molecule has 0 spiro atoms. The number of carbonyl (C=O) groups excluding carboxylic acids is 2. The third kappa shape index (κ3) is 6.74. The van der Waals surface area contributed by atoms with E-state index in [4.69, 9.17) is 4.74 Å². The van der Waals surface area contributed by atoms with Gasteiger partial charge in [-0.2, -0.15) is 26.3 Å². The Bertz CT molecular complexity index is 1140. The average Bonchev–Trinajstić information content (AvgIpc) is 2.77. The molecule has 0 bridgehead atoms. The van der Waals surface area contributed by atoms with Gasteiger partial charge in [0.1, 0.15) is 11.5 Å². The van der Waals surface area contributed by atoms with Gasteiger partial charge in [0, 0.05) is 11.8 Å². The fourth-order valence-electron chi connectivity index (χ4n) is 2.75. The molecule has 0 aliphatic rings. The first-order valence-corrected chi connectivity index (χ1v) is 9.51. The summed E-state index contributed by atoms with van der Waals surface area (Å²) in [4.78, 5) is 24.1. The van der Waals surface area contributed by atoms with E-state index in [1.807, 2.05) is 0 Å². The van der Waals surface area contributed by atoms with Crippen molar-refractivity contribution in [1.29, 1.82) is 0 Å². The molecular formula is C23H15F6NO4. The molecule has 0 heterocycles. The lowest BCUT2D eigenvalue weighted by atomic mass is 10.0. The summed E-state index contributed by atoms with van der Waals surface area (Å²) in [6.45, 7) is -0.944. The van der Waals surface area contributed by atoms with E-state index in [0.29, 0.717) is 11.5 Å². The van der Waals surface area contributed by atoms with Crippen LogP contribution in [0.15, 0.2) is 72.8 Å². The van der Waals surface area contributed by atoms with Crippen molar-refractivity contribution in [1.82, 2.24) is 0 Å². The zero-order chi connectivity index (χ0) is 24.9. The number of hydrogen-bond donors (Lipinski definition) is 1. The van der Waals surface area contributed by atoms with Crippen molar-refractivity contribution < 1.29 is 45.4 Å². The van der Waals surface area contributed by atoms with Crippen LogP contribution in [-0.2, 0) is 21.9 Å². The Morgan fingerprint density at radius 3 is 1.91 bits per heavy atom. The molecule has 3 aromatic carbocycles. The minimum Gasteiger partial charge on any atom is -0.457 e. The Labute approximate surface area is 188 Å². The Kier molecular flexibility index (Phi) is 7.14. The summed E-state index contributed by atoms with van der Waals surface area (Å²) in [5.41, 5.74) is -4.08. The number of nitrogens with one attached hydrogen (secondary N) is 1. The van der Waals surface area contributed by atoms with Crippen LogP contribution in [-0.4, -0.2) is 18.5 Å². The molecule has 34 heavy (non-hydrogen) atoms. The molecule has 3 aromatic rings. The topological polar surface area (TPSA) is 64.6 Å². The van der Waals surface area contributed by atoms with Crippen LogP contribution in [0.4, 0.5) is 32.0 Å². The van der Waals surface area contributed by atoms with Gasteiger partial charge in [0.05, 0.1) is 16.7 Å². The van der Waals surface area contributed by atoms with Gasteiger partial charge in [-0.15, -0.1) is 0 Å². The van der Waals surface area contributed by atoms with Crippen molar-refractivity contribution in [3.8, 4) is 11.5 Å². The molecule has 0 saturated heterocycles. The normalized spacial score (nSPS) is 11.6. The fraction of sp³-hybridized carbons (Fsp3) is 0.130. The molecule has 3 rings (SSSR count). The van der Waals surface area contributed by atoms with Crippen molar-refractivity contribution in [2.24, 2.45) is 0 Å². The number of alkyl halides is 6. The summed E-state index contributed by atoms with van der Waals surface area (Å²) in [5, 5.41) is 2.39. The third-order valence-electron chi connectivity index (χ3n) is 4.25. The summed E-state index contributed by atoms with van der Waals surface area (Å²) in [7, 11) is 0. The van der Waals surface area contributed by atoms with E-state index in [1.165, 1.54) is 12.1 Å². The highest BCUT2D eigenvalue weighted by Gasteiger charge is 2.37. The van der Waals surface area contributed by atoms with Crippen LogP contribution in [0.3, 0.4) is 0 Å². The number of carbonyl (C=O) groups is 2. The molecule has 0 aliphatic heterocycles. The molecule has 0 fully saturated rings. The second-order valence-corrected chi connectivity index (χ2v) is 6.86. The molecule has 0 unspecified atom stereocenters. The maximum absolute atomic E-state index is 12.9. The van der Waals surface area contributed by atoms with Crippen LogP contribution >= 0.6 is 0 Å². The molecule has 5 nitrogen and oxygen atoms in total. The lowest BCUT2D eigenvalue weighted by Gasteiger charge is -2.14. The van der Waals surface area contributed by atoms with Gasteiger partial charge in [0.2, 0.25) is 0 Å². The van der Waals surface area contributed by atoms with Crippen LogP contribution in [0.25, 0.3) is 0 Å². The van der Waals surface area contributed by atoms with Gasteiger partial charge in [-0.3, -0.25) is 4.79 Å². The monoisotopic (exact) mass is 483 g/mol. The van der Waals surface area contributed by atoms with E-state index in [0.717, 1.165) is 0 Å². The van der Waals surface area contributed by atoms with Crippen molar-refractivity contribution >= 4 is 17.6 Å². The second-order valence-electron chi connectivity index (χ2n) is 6.86. The van der Waals surface area contributed by atoms with Crippen molar-refractivity contribution in [3.05, 3.63) is 89.5 Å². The summed E-state index contributed by atoms with van der Waals surface area (Å²) in [6, 6.07) is 15.2. The van der Waals surface area contributed by atoms with Crippen LogP contribution in [0.1, 0.15) is 21.5 Å². The highest BCUT2D eigenvalue weighted by atomic mass is 19.4. The Morgan fingerprint density at radius 2 is 1.32 bits per heavy atom. The lowest BCUT2D eigenvalue weighted by molar-refractivity contribution is -0.143. The minimum absolute atomic E-state index is 0.117. The van der Waals surface area contributed by atoms with Crippen LogP contribution < -0.4 is 10.1 Å². The zero-order valence-electron chi connectivity index (χ0n) is 17.0. The molecule has 0 saturated carbocycles. The van der Waals surface area contributed by atoms with E-state index >= 15 is 0 Å². The molecule has 1 amide bonds. The van der Waals surface area contributed by atoms with E-state index < -0.39 is 47.5 Å². The SMILES string of the molecule is O=C(COC(=O)c1cc(C(F)(F)F)cc(C(F)(F)F)c1)Nc1cccc(Oc2ccccc2)c1. The van der Waals surface area contributed by atoms with Gasteiger partial charge in [-0.1, -0.05) is 24.3 Å². The predicted molar refractivity (Wildman–Crippen MR) is 108 cm³/mol. The smallest absolute Gasteiger partial charge is 0.416 e. The number of amides is 1. The Balaban J connectivity index is 1.65. The quantitative estimate of drug-likeness (QED) is 0.330. The van der Waals surface area contributed by atoms with Gasteiger partial charge in [-0.05, 0) is 42.5 Å². The van der Waals surface area contributed by atoms with Gasteiger partial charge < -0.3 is 14.8 Å². The van der Waals surface area contributed by atoms with Gasteiger partial charge in [0.15, 0.2) is 6.61 Å². The largest absolute Gasteiger partial charge is 0.457 e. The number of ether oxygens (including phenoxy) is 2. The number of benzene rings is 3. The molecule has 178 valence electrons. The predicted octanol–water partition coefficient (Wildman–Crippen LogP) is 6.31. The first-order chi connectivity index (χ1) is 15.9. The van der Waals surface area contributed by atoms with Crippen LogP contribution in [0, 0.1) is 0 Å². The first-order valence-electron chi connectivity index (χ1n) is 9.51. The summed E-state index contributed by atoms with van der Waals surface area (Å²) >= 11 is 0. The number of para-hydroxylation sites is 1. The van der Waals surface area contributed by atoms with Gasteiger partial charge >= 0.3 is 18.3 Å². The van der Waals surface area contributed by atoms with Crippen molar-refractivity contribution in [3.63, 3.8) is 0 Å². The number of esters is 1.